The van der Waals surface area contributed by atoms with E-state index in [1.165, 1.54) is 16.7 Å². The number of carbonyl (C=O) groups is 2. The van der Waals surface area contributed by atoms with Crippen molar-refractivity contribution in [2.24, 2.45) is 0 Å². The molecular weight excluding hydrogens is 456 g/mol. The lowest BCUT2D eigenvalue weighted by molar-refractivity contribution is 0.0679. The molecule has 0 saturated carbocycles. The van der Waals surface area contributed by atoms with Crippen LogP contribution in [0.15, 0.2) is 42.5 Å². The van der Waals surface area contributed by atoms with E-state index in [0.717, 1.165) is 77.2 Å². The van der Waals surface area contributed by atoms with Gasteiger partial charge in [-0.15, -0.1) is 0 Å². The van der Waals surface area contributed by atoms with Crippen molar-refractivity contribution in [3.8, 4) is 5.75 Å². The lowest BCUT2D eigenvalue weighted by Gasteiger charge is -2.26. The maximum atomic E-state index is 12.8. The van der Waals surface area contributed by atoms with Crippen LogP contribution in [-0.4, -0.2) is 68.4 Å². The number of hydrogen-bond acceptors (Lipinski definition) is 5. The van der Waals surface area contributed by atoms with E-state index in [2.05, 4.69) is 34.1 Å². The molecule has 36 heavy (non-hydrogen) atoms. The van der Waals surface area contributed by atoms with Gasteiger partial charge in [-0.3, -0.25) is 4.79 Å². The first-order valence-electron chi connectivity index (χ1n) is 13.1. The molecule has 2 aliphatic heterocycles. The van der Waals surface area contributed by atoms with Crippen LogP contribution in [-0.2, 0) is 24.1 Å². The number of fused-ring (bicyclic) bond motifs is 1. The fourth-order valence-electron chi connectivity index (χ4n) is 5.15. The highest BCUT2D eigenvalue weighted by atomic mass is 16.5. The highest BCUT2D eigenvalue weighted by Gasteiger charge is 2.22. The summed E-state index contributed by atoms with van der Waals surface area (Å²) in [6.45, 7) is 5.19. The van der Waals surface area contributed by atoms with Crippen LogP contribution in [0, 0.1) is 0 Å². The van der Waals surface area contributed by atoms with E-state index in [1.807, 2.05) is 29.2 Å². The molecule has 2 aromatic carbocycles. The average Bonchev–Trinajstić information content (AvgIpc) is 3.57. The van der Waals surface area contributed by atoms with Crippen LogP contribution in [0.5, 0.6) is 5.75 Å². The molecule has 5 rings (SSSR count). The van der Waals surface area contributed by atoms with E-state index in [4.69, 9.17) is 9.47 Å². The summed E-state index contributed by atoms with van der Waals surface area (Å²) in [5, 5.41) is 9.48. The highest BCUT2D eigenvalue weighted by Crippen LogP contribution is 2.23. The Morgan fingerprint density at radius 1 is 1.14 bits per heavy atom. The number of nitrogens with zero attached hydrogens (tertiary/aromatic N) is 1. The van der Waals surface area contributed by atoms with Gasteiger partial charge in [-0.1, -0.05) is 18.2 Å². The van der Waals surface area contributed by atoms with Crippen LogP contribution in [0.2, 0.25) is 0 Å². The molecule has 2 saturated heterocycles. The number of hydrogen-bond donors (Lipinski definition) is 3. The van der Waals surface area contributed by atoms with Crippen molar-refractivity contribution in [3.63, 3.8) is 0 Å². The van der Waals surface area contributed by atoms with E-state index < -0.39 is 0 Å². The summed E-state index contributed by atoms with van der Waals surface area (Å²) in [5.41, 5.74) is 4.58. The smallest absolute Gasteiger partial charge is 0.317 e. The standard InChI is InChI=1S/C28H36N4O4/c33-27(21-6-9-25(10-7-21)36-19-26-2-1-15-35-26)31-24-8-5-22-16-20(3-4-23(22)17-24)18-29-11-13-32-14-12-30-28(32)34/h3-4,6-7,9-10,16,24,26,29H,1-2,5,8,11-15,17-19H2,(H,30,34)(H,31,33)/t24-,26-/m0/s1. The molecule has 2 fully saturated rings. The van der Waals surface area contributed by atoms with Gasteiger partial charge in [0.2, 0.25) is 0 Å². The Kier molecular flexibility index (Phi) is 8.03. The third-order valence-corrected chi connectivity index (χ3v) is 7.24. The number of aryl methyl sites for hydroxylation is 1. The normalized spacial score (nSPS) is 21.2. The minimum absolute atomic E-state index is 0.0309. The summed E-state index contributed by atoms with van der Waals surface area (Å²) in [7, 11) is 0. The second-order valence-electron chi connectivity index (χ2n) is 9.88. The zero-order valence-corrected chi connectivity index (χ0v) is 20.8. The van der Waals surface area contributed by atoms with Gasteiger partial charge in [-0.05, 0) is 73.1 Å². The first-order chi connectivity index (χ1) is 17.6. The Morgan fingerprint density at radius 2 is 2.03 bits per heavy atom. The van der Waals surface area contributed by atoms with Crippen LogP contribution >= 0.6 is 0 Å². The van der Waals surface area contributed by atoms with Crippen molar-refractivity contribution in [2.45, 2.75) is 50.8 Å². The zero-order valence-electron chi connectivity index (χ0n) is 20.8. The molecule has 2 heterocycles. The summed E-state index contributed by atoms with van der Waals surface area (Å²) < 4.78 is 11.4. The third-order valence-electron chi connectivity index (χ3n) is 7.24. The van der Waals surface area contributed by atoms with Gasteiger partial charge in [-0.25, -0.2) is 4.79 Å². The summed E-state index contributed by atoms with van der Waals surface area (Å²) in [4.78, 5) is 26.3. The Hall–Kier alpha value is -3.10. The Morgan fingerprint density at radius 3 is 2.81 bits per heavy atom. The van der Waals surface area contributed by atoms with E-state index >= 15 is 0 Å². The number of carbonyl (C=O) groups excluding carboxylic acids is 2. The fourth-order valence-corrected chi connectivity index (χ4v) is 5.15. The monoisotopic (exact) mass is 492 g/mol. The number of ether oxygens (including phenoxy) is 2. The predicted octanol–water partition coefficient (Wildman–Crippen LogP) is 2.65. The summed E-state index contributed by atoms with van der Waals surface area (Å²) in [6, 6.07) is 14.2. The molecule has 2 aromatic rings. The molecule has 0 spiro atoms. The van der Waals surface area contributed by atoms with Crippen molar-refractivity contribution in [1.29, 1.82) is 0 Å². The van der Waals surface area contributed by atoms with Gasteiger partial charge in [0.15, 0.2) is 0 Å². The average molecular weight is 493 g/mol. The first-order valence-corrected chi connectivity index (χ1v) is 13.1. The molecule has 0 bridgehead atoms. The number of benzene rings is 2. The van der Waals surface area contributed by atoms with Crippen molar-refractivity contribution >= 4 is 11.9 Å². The van der Waals surface area contributed by atoms with Gasteiger partial charge < -0.3 is 30.3 Å². The molecule has 192 valence electrons. The Bertz CT molecular complexity index is 1050. The maximum Gasteiger partial charge on any atom is 0.317 e. The quantitative estimate of drug-likeness (QED) is 0.444. The molecule has 8 nitrogen and oxygen atoms in total. The molecule has 1 aliphatic carbocycles. The second-order valence-corrected chi connectivity index (χ2v) is 9.88. The number of urea groups is 1. The van der Waals surface area contributed by atoms with Gasteiger partial charge in [0.05, 0.1) is 6.10 Å². The summed E-state index contributed by atoms with van der Waals surface area (Å²) in [6.07, 6.45) is 5.06. The molecule has 0 radical (unpaired) electrons. The zero-order chi connectivity index (χ0) is 24.7. The van der Waals surface area contributed by atoms with Gasteiger partial charge >= 0.3 is 6.03 Å². The van der Waals surface area contributed by atoms with Gasteiger partial charge in [-0.2, -0.15) is 0 Å². The lowest BCUT2D eigenvalue weighted by atomic mass is 9.87. The SMILES string of the molecule is O=C(N[C@H]1CCc2cc(CNCCN3CCNC3=O)ccc2C1)c1ccc(OC[C@@H]2CCCO2)cc1. The van der Waals surface area contributed by atoms with Crippen molar-refractivity contribution in [3.05, 3.63) is 64.7 Å². The fraction of sp³-hybridized carbons (Fsp3) is 0.500. The molecule has 3 aliphatic rings. The highest BCUT2D eigenvalue weighted by molar-refractivity contribution is 5.94. The topological polar surface area (TPSA) is 91.9 Å². The van der Waals surface area contributed by atoms with Crippen LogP contribution in [0.1, 0.15) is 46.3 Å². The minimum atomic E-state index is -0.0402. The van der Waals surface area contributed by atoms with E-state index in [-0.39, 0.29) is 24.1 Å². The molecule has 2 atom stereocenters. The largest absolute Gasteiger partial charge is 0.491 e. The van der Waals surface area contributed by atoms with Gasteiger partial charge in [0.25, 0.3) is 5.91 Å². The number of nitrogens with one attached hydrogen (secondary N) is 3. The van der Waals surface area contributed by atoms with E-state index in [9.17, 15) is 9.59 Å². The van der Waals surface area contributed by atoms with E-state index in [1.54, 1.807) is 0 Å². The molecule has 8 heteroatoms. The van der Waals surface area contributed by atoms with Crippen molar-refractivity contribution < 1.29 is 19.1 Å². The lowest BCUT2D eigenvalue weighted by Crippen LogP contribution is -2.38. The Balaban J connectivity index is 1.06. The summed E-state index contributed by atoms with van der Waals surface area (Å²) in [5.74, 6) is 0.724. The van der Waals surface area contributed by atoms with Crippen molar-refractivity contribution in [2.75, 3.05) is 39.4 Å². The van der Waals surface area contributed by atoms with Crippen molar-refractivity contribution in [1.82, 2.24) is 20.9 Å². The van der Waals surface area contributed by atoms with Crippen LogP contribution < -0.4 is 20.7 Å². The molecule has 3 amide bonds. The predicted molar refractivity (Wildman–Crippen MR) is 137 cm³/mol. The molecule has 3 N–H and O–H groups in total. The second kappa shape index (κ2) is 11.8. The molecule has 0 unspecified atom stereocenters. The summed E-state index contributed by atoms with van der Waals surface area (Å²) >= 11 is 0. The molecule has 0 aromatic heterocycles. The van der Waals surface area contributed by atoms with Gasteiger partial charge in [0, 0.05) is 50.9 Å². The minimum Gasteiger partial charge on any atom is -0.491 e. The number of amides is 3. The maximum absolute atomic E-state index is 12.8. The van der Waals surface area contributed by atoms with Crippen LogP contribution in [0.3, 0.4) is 0 Å². The van der Waals surface area contributed by atoms with E-state index in [0.29, 0.717) is 12.2 Å². The third kappa shape index (κ3) is 6.36. The van der Waals surface area contributed by atoms with Crippen LogP contribution in [0.4, 0.5) is 4.79 Å². The molecular formula is C28H36N4O4. The Labute approximate surface area is 212 Å². The first kappa shape index (κ1) is 24.6. The van der Waals surface area contributed by atoms with Crippen LogP contribution in [0.25, 0.3) is 0 Å². The number of rotatable bonds is 10. The van der Waals surface area contributed by atoms with Gasteiger partial charge in [0.1, 0.15) is 12.4 Å².